The Morgan fingerprint density at radius 3 is 2.46 bits per heavy atom. The number of carbonyl (C=O) groups excluding carboxylic acids is 1. The summed E-state index contributed by atoms with van der Waals surface area (Å²) in [6, 6.07) is 10.3. The fraction of sp³-hybridized carbons (Fsp3) is 0.0588. The van der Waals surface area contributed by atoms with Crippen molar-refractivity contribution in [1.29, 1.82) is 0 Å². The van der Waals surface area contributed by atoms with Crippen molar-refractivity contribution in [2.24, 2.45) is 0 Å². The van der Waals surface area contributed by atoms with Gasteiger partial charge in [0, 0.05) is 5.56 Å². The molecule has 0 unspecified atom stereocenters. The Kier molecular flexibility index (Phi) is 4.61. The molecule has 2 aromatic carbocycles. The number of benzene rings is 2. The number of para-hydroxylation sites is 2. The number of oxazole rings is 1. The predicted octanol–water partition coefficient (Wildman–Crippen LogP) is 4.63. The zero-order valence-corrected chi connectivity index (χ0v) is 12.9. The van der Waals surface area contributed by atoms with Crippen LogP contribution in [-0.2, 0) is 0 Å². The Morgan fingerprint density at radius 2 is 1.77 bits per heavy atom. The van der Waals surface area contributed by atoms with E-state index < -0.39 is 23.8 Å². The first-order valence-corrected chi connectivity index (χ1v) is 7.20. The number of alkyl halides is 3. The average molecular weight is 366 g/mol. The molecule has 0 radical (unpaired) electrons. The van der Waals surface area contributed by atoms with E-state index in [4.69, 9.17) is 4.42 Å². The maximum atomic E-state index is 12.9. The summed E-state index contributed by atoms with van der Waals surface area (Å²) in [6.45, 7) is 0. The minimum Gasteiger partial charge on any atom is -0.432 e. The molecule has 0 atom stereocenters. The normalized spacial score (nSPS) is 11.2. The highest BCUT2D eigenvalue weighted by atomic mass is 19.4. The van der Waals surface area contributed by atoms with Crippen LogP contribution in [0.2, 0.25) is 0 Å². The van der Waals surface area contributed by atoms with Crippen molar-refractivity contribution < 1.29 is 31.5 Å². The number of anilines is 1. The second kappa shape index (κ2) is 6.87. The Morgan fingerprint density at radius 1 is 1.08 bits per heavy atom. The van der Waals surface area contributed by atoms with Gasteiger partial charge in [0.2, 0.25) is 0 Å². The molecule has 1 amide bonds. The molecule has 5 nitrogen and oxygen atoms in total. The number of ether oxygens (including phenoxy) is 1. The van der Waals surface area contributed by atoms with E-state index in [1.807, 2.05) is 0 Å². The summed E-state index contributed by atoms with van der Waals surface area (Å²) in [5, 5.41) is 2.24. The molecule has 9 heteroatoms. The van der Waals surface area contributed by atoms with Crippen molar-refractivity contribution >= 4 is 11.6 Å². The number of nitrogens with zero attached hydrogens (tertiary/aromatic N) is 1. The number of rotatable bonds is 4. The standard InChI is InChI=1S/C17H10F4N2O3/c18-11-7-5-10(6-8-11)14-9-22-16(25-14)15(24)23-12-3-1-2-4-13(12)26-17(19,20)21/h1-9H,(H,23,24). The van der Waals surface area contributed by atoms with Crippen LogP contribution in [-0.4, -0.2) is 17.3 Å². The molecule has 0 aliphatic heterocycles. The third-order valence-corrected chi connectivity index (χ3v) is 3.19. The highest BCUT2D eigenvalue weighted by molar-refractivity contribution is 6.02. The molecule has 0 spiro atoms. The summed E-state index contributed by atoms with van der Waals surface area (Å²) in [6.07, 6.45) is -3.65. The van der Waals surface area contributed by atoms with Crippen LogP contribution in [0.3, 0.4) is 0 Å². The molecule has 1 N–H and O–H groups in total. The smallest absolute Gasteiger partial charge is 0.432 e. The van der Waals surface area contributed by atoms with Crippen molar-refractivity contribution in [1.82, 2.24) is 4.98 Å². The highest BCUT2D eigenvalue weighted by Crippen LogP contribution is 2.30. The number of nitrogens with one attached hydrogen (secondary N) is 1. The van der Waals surface area contributed by atoms with Crippen LogP contribution < -0.4 is 10.1 Å². The Balaban J connectivity index is 1.78. The van der Waals surface area contributed by atoms with Gasteiger partial charge in [-0.2, -0.15) is 0 Å². The van der Waals surface area contributed by atoms with Crippen molar-refractivity contribution in [2.45, 2.75) is 6.36 Å². The van der Waals surface area contributed by atoms with Gasteiger partial charge in [-0.3, -0.25) is 4.79 Å². The molecular weight excluding hydrogens is 356 g/mol. The van der Waals surface area contributed by atoms with Gasteiger partial charge in [0.15, 0.2) is 11.5 Å². The van der Waals surface area contributed by atoms with Crippen LogP contribution in [0.1, 0.15) is 10.7 Å². The molecule has 3 rings (SSSR count). The van der Waals surface area contributed by atoms with Gasteiger partial charge < -0.3 is 14.5 Å². The zero-order chi connectivity index (χ0) is 18.7. The molecule has 0 saturated heterocycles. The van der Waals surface area contributed by atoms with Gasteiger partial charge >= 0.3 is 12.3 Å². The number of hydrogen-bond acceptors (Lipinski definition) is 4. The third-order valence-electron chi connectivity index (χ3n) is 3.19. The molecule has 0 aliphatic rings. The number of halogens is 4. The molecule has 3 aromatic rings. The Hall–Kier alpha value is -3.36. The fourth-order valence-corrected chi connectivity index (χ4v) is 2.09. The Labute approximate surface area is 144 Å². The van der Waals surface area contributed by atoms with Crippen LogP contribution >= 0.6 is 0 Å². The van der Waals surface area contributed by atoms with Crippen molar-refractivity contribution in [3.05, 3.63) is 66.4 Å². The first-order chi connectivity index (χ1) is 12.3. The first-order valence-electron chi connectivity index (χ1n) is 7.20. The fourth-order valence-electron chi connectivity index (χ4n) is 2.09. The van der Waals surface area contributed by atoms with Gasteiger partial charge in [0.25, 0.3) is 5.89 Å². The molecule has 26 heavy (non-hydrogen) atoms. The number of carbonyl (C=O) groups is 1. The van der Waals surface area contributed by atoms with E-state index >= 15 is 0 Å². The van der Waals surface area contributed by atoms with Gasteiger partial charge in [-0.1, -0.05) is 12.1 Å². The monoisotopic (exact) mass is 366 g/mol. The summed E-state index contributed by atoms with van der Waals surface area (Å²) in [5.41, 5.74) is 0.287. The van der Waals surface area contributed by atoms with Gasteiger partial charge in [-0.25, -0.2) is 9.37 Å². The van der Waals surface area contributed by atoms with E-state index in [0.29, 0.717) is 5.56 Å². The lowest BCUT2D eigenvalue weighted by atomic mass is 10.2. The Bertz CT molecular complexity index is 920. The van der Waals surface area contributed by atoms with E-state index in [0.717, 1.165) is 6.07 Å². The molecule has 134 valence electrons. The molecule has 0 saturated carbocycles. The molecule has 1 aromatic heterocycles. The van der Waals surface area contributed by atoms with Gasteiger partial charge in [0.1, 0.15) is 5.82 Å². The lowest BCUT2D eigenvalue weighted by Crippen LogP contribution is -2.19. The van der Waals surface area contributed by atoms with Crippen molar-refractivity contribution in [2.75, 3.05) is 5.32 Å². The van der Waals surface area contributed by atoms with Crippen molar-refractivity contribution in [3.63, 3.8) is 0 Å². The van der Waals surface area contributed by atoms with Gasteiger partial charge in [0.05, 0.1) is 11.9 Å². The summed E-state index contributed by atoms with van der Waals surface area (Å²) >= 11 is 0. The second-order valence-electron chi connectivity index (χ2n) is 5.03. The quantitative estimate of drug-likeness (QED) is 0.684. The highest BCUT2D eigenvalue weighted by Gasteiger charge is 2.32. The van der Waals surface area contributed by atoms with Gasteiger partial charge in [-0.05, 0) is 36.4 Å². The summed E-state index contributed by atoms with van der Waals surface area (Å²) < 4.78 is 59.3. The zero-order valence-electron chi connectivity index (χ0n) is 12.9. The minimum atomic E-state index is -4.90. The van der Waals surface area contributed by atoms with E-state index in [1.54, 1.807) is 0 Å². The number of hydrogen-bond donors (Lipinski definition) is 1. The number of aromatic nitrogens is 1. The number of amides is 1. The van der Waals surface area contributed by atoms with Crippen LogP contribution in [0.5, 0.6) is 5.75 Å². The third kappa shape index (κ3) is 4.18. The second-order valence-corrected chi connectivity index (χ2v) is 5.03. The van der Waals surface area contributed by atoms with E-state index in [2.05, 4.69) is 15.0 Å². The lowest BCUT2D eigenvalue weighted by Gasteiger charge is -2.13. The van der Waals surface area contributed by atoms with E-state index in [9.17, 15) is 22.4 Å². The predicted molar refractivity (Wildman–Crippen MR) is 83.0 cm³/mol. The molecule has 0 aliphatic carbocycles. The lowest BCUT2D eigenvalue weighted by molar-refractivity contribution is -0.274. The van der Waals surface area contributed by atoms with Crippen molar-refractivity contribution in [3.8, 4) is 17.1 Å². The van der Waals surface area contributed by atoms with Crippen LogP contribution in [0.4, 0.5) is 23.2 Å². The maximum absolute atomic E-state index is 12.9. The van der Waals surface area contributed by atoms with E-state index in [1.165, 1.54) is 48.7 Å². The molecule has 1 heterocycles. The van der Waals surface area contributed by atoms with Crippen LogP contribution in [0, 0.1) is 5.82 Å². The van der Waals surface area contributed by atoms with Gasteiger partial charge in [-0.15, -0.1) is 13.2 Å². The molecule has 0 fully saturated rings. The summed E-state index contributed by atoms with van der Waals surface area (Å²) in [7, 11) is 0. The average Bonchev–Trinajstić information content (AvgIpc) is 3.06. The van der Waals surface area contributed by atoms with E-state index in [-0.39, 0.29) is 17.3 Å². The van der Waals surface area contributed by atoms with Crippen LogP contribution in [0.15, 0.2) is 59.1 Å². The minimum absolute atomic E-state index is 0.198. The van der Waals surface area contributed by atoms with Crippen LogP contribution in [0.25, 0.3) is 11.3 Å². The summed E-state index contributed by atoms with van der Waals surface area (Å²) in [5.74, 6) is -2.04. The largest absolute Gasteiger partial charge is 0.573 e. The topological polar surface area (TPSA) is 64.4 Å². The molecule has 0 bridgehead atoms. The first kappa shape index (κ1) is 17.5. The molecular formula is C17H10F4N2O3. The maximum Gasteiger partial charge on any atom is 0.573 e. The SMILES string of the molecule is O=C(Nc1ccccc1OC(F)(F)F)c1ncc(-c2ccc(F)cc2)o1. The summed E-state index contributed by atoms with van der Waals surface area (Å²) in [4.78, 5) is 15.9.